The zero-order valence-electron chi connectivity index (χ0n) is 5.43. The second-order valence-corrected chi connectivity index (χ2v) is 3.38. The van der Waals surface area contributed by atoms with Gasteiger partial charge in [-0.25, -0.2) is 0 Å². The summed E-state index contributed by atoms with van der Waals surface area (Å²) in [6.45, 7) is 1.11. The lowest BCUT2D eigenvalue weighted by atomic mass is 10.1. The maximum atomic E-state index is 5.26. The van der Waals surface area contributed by atoms with Crippen LogP contribution in [0.2, 0.25) is 0 Å². The highest BCUT2D eigenvalue weighted by molar-refractivity contribution is 9.10. The summed E-state index contributed by atoms with van der Waals surface area (Å²) in [4.78, 5) is 0. The second-order valence-electron chi connectivity index (χ2n) is 2.46. The van der Waals surface area contributed by atoms with E-state index >= 15 is 0 Å². The van der Waals surface area contributed by atoms with E-state index in [4.69, 9.17) is 4.42 Å². The Balaban J connectivity index is 2.17. The Morgan fingerprint density at radius 3 is 2.90 bits per heavy atom. The van der Waals surface area contributed by atoms with Crippen LogP contribution in [0.25, 0.3) is 0 Å². The molecule has 1 aliphatic heterocycles. The first-order valence-corrected chi connectivity index (χ1v) is 4.13. The van der Waals surface area contributed by atoms with Crippen LogP contribution < -0.4 is 5.32 Å². The van der Waals surface area contributed by atoms with Crippen molar-refractivity contribution in [1.29, 1.82) is 0 Å². The molecule has 0 saturated carbocycles. The number of hydrogen-bond acceptors (Lipinski definition) is 2. The molecule has 1 aromatic heterocycles. The van der Waals surface area contributed by atoms with Crippen LogP contribution in [-0.4, -0.2) is 6.54 Å². The van der Waals surface area contributed by atoms with Gasteiger partial charge in [0.1, 0.15) is 12.0 Å². The molecule has 0 radical (unpaired) electrons. The molecule has 1 saturated heterocycles. The van der Waals surface area contributed by atoms with Gasteiger partial charge in [0.2, 0.25) is 0 Å². The Kier molecular flexibility index (Phi) is 1.54. The van der Waals surface area contributed by atoms with Gasteiger partial charge in [0.15, 0.2) is 0 Å². The molecule has 0 bridgehead atoms. The molecule has 1 N–H and O–H groups in total. The predicted octanol–water partition coefficient (Wildman–Crippen LogP) is 2.08. The van der Waals surface area contributed by atoms with Crippen molar-refractivity contribution in [3.63, 3.8) is 0 Å². The monoisotopic (exact) mass is 201 g/mol. The van der Waals surface area contributed by atoms with E-state index in [-0.39, 0.29) is 0 Å². The first-order valence-electron chi connectivity index (χ1n) is 3.33. The lowest BCUT2D eigenvalue weighted by molar-refractivity contribution is 0.319. The summed E-state index contributed by atoms with van der Waals surface area (Å²) in [6.07, 6.45) is 2.91. The molecule has 3 heteroatoms. The third kappa shape index (κ3) is 0.995. The van der Waals surface area contributed by atoms with E-state index in [1.165, 1.54) is 6.42 Å². The molecule has 2 nitrogen and oxygen atoms in total. The van der Waals surface area contributed by atoms with Gasteiger partial charge in [-0.15, -0.1) is 0 Å². The minimum absolute atomic E-state index is 0.464. The van der Waals surface area contributed by atoms with Gasteiger partial charge in [-0.3, -0.25) is 0 Å². The number of furan rings is 1. The zero-order chi connectivity index (χ0) is 6.97. The number of hydrogen-bond donors (Lipinski definition) is 1. The van der Waals surface area contributed by atoms with Crippen LogP contribution in [0.5, 0.6) is 0 Å². The highest BCUT2D eigenvalue weighted by atomic mass is 79.9. The Morgan fingerprint density at radius 2 is 2.50 bits per heavy atom. The Morgan fingerprint density at radius 1 is 1.70 bits per heavy atom. The van der Waals surface area contributed by atoms with Gasteiger partial charge in [-0.05, 0) is 35.0 Å². The van der Waals surface area contributed by atoms with Crippen LogP contribution in [0.4, 0.5) is 0 Å². The number of rotatable bonds is 1. The van der Waals surface area contributed by atoms with E-state index in [0.29, 0.717) is 6.04 Å². The first kappa shape index (κ1) is 6.43. The van der Waals surface area contributed by atoms with E-state index in [9.17, 15) is 0 Å². The van der Waals surface area contributed by atoms with Crippen molar-refractivity contribution in [2.24, 2.45) is 0 Å². The fourth-order valence-corrected chi connectivity index (χ4v) is 1.36. The second kappa shape index (κ2) is 2.40. The molecule has 0 aliphatic carbocycles. The van der Waals surface area contributed by atoms with Crippen LogP contribution in [0.3, 0.4) is 0 Å². The molecule has 10 heavy (non-hydrogen) atoms. The average Bonchev–Trinajstić information content (AvgIpc) is 2.10. The van der Waals surface area contributed by atoms with Crippen LogP contribution in [0.1, 0.15) is 18.2 Å². The summed E-state index contributed by atoms with van der Waals surface area (Å²) < 4.78 is 6.28. The van der Waals surface area contributed by atoms with Crippen molar-refractivity contribution in [3.05, 3.63) is 22.6 Å². The van der Waals surface area contributed by atoms with Crippen molar-refractivity contribution >= 4 is 15.9 Å². The molecule has 54 valence electrons. The normalized spacial score (nSPS) is 24.3. The van der Waals surface area contributed by atoms with Gasteiger partial charge in [0.05, 0.1) is 10.5 Å². The largest absolute Gasteiger partial charge is 0.466 e. The van der Waals surface area contributed by atoms with Gasteiger partial charge >= 0.3 is 0 Å². The molecular weight excluding hydrogens is 194 g/mol. The van der Waals surface area contributed by atoms with Crippen molar-refractivity contribution < 1.29 is 4.42 Å². The molecule has 1 atom stereocenters. The van der Waals surface area contributed by atoms with Gasteiger partial charge < -0.3 is 9.73 Å². The van der Waals surface area contributed by atoms with E-state index in [0.717, 1.165) is 16.8 Å². The standard InChI is InChI=1S/C7H8BrNO/c8-5-3-7(10-4-5)6-1-2-9-6/h3-4,6,9H,1-2H2. The summed E-state index contributed by atoms with van der Waals surface area (Å²) in [5, 5.41) is 3.26. The Bertz CT molecular complexity index is 229. The number of halogens is 1. The number of nitrogens with one attached hydrogen (secondary N) is 1. The zero-order valence-corrected chi connectivity index (χ0v) is 7.02. The Labute approximate surface area is 67.7 Å². The quantitative estimate of drug-likeness (QED) is 0.754. The van der Waals surface area contributed by atoms with E-state index in [1.54, 1.807) is 6.26 Å². The van der Waals surface area contributed by atoms with Crippen molar-refractivity contribution in [3.8, 4) is 0 Å². The predicted molar refractivity (Wildman–Crippen MR) is 41.8 cm³/mol. The van der Waals surface area contributed by atoms with Gasteiger partial charge in [-0.2, -0.15) is 0 Å². The van der Waals surface area contributed by atoms with E-state index in [1.807, 2.05) is 6.07 Å². The summed E-state index contributed by atoms with van der Waals surface area (Å²) in [5.74, 6) is 1.04. The van der Waals surface area contributed by atoms with Gasteiger partial charge in [-0.1, -0.05) is 0 Å². The maximum Gasteiger partial charge on any atom is 0.121 e. The van der Waals surface area contributed by atoms with Crippen LogP contribution in [-0.2, 0) is 0 Å². The lowest BCUT2D eigenvalue weighted by Gasteiger charge is -2.25. The molecule has 0 amide bonds. The lowest BCUT2D eigenvalue weighted by Crippen LogP contribution is -2.34. The molecule has 2 rings (SSSR count). The van der Waals surface area contributed by atoms with Gasteiger partial charge in [0.25, 0.3) is 0 Å². The van der Waals surface area contributed by atoms with Crippen molar-refractivity contribution in [2.75, 3.05) is 6.54 Å². The summed E-state index contributed by atoms with van der Waals surface area (Å²) in [7, 11) is 0. The highest BCUT2D eigenvalue weighted by Gasteiger charge is 2.21. The SMILES string of the molecule is Brc1coc(C2CCN2)c1. The summed E-state index contributed by atoms with van der Waals surface area (Å²) in [5.41, 5.74) is 0. The highest BCUT2D eigenvalue weighted by Crippen LogP contribution is 2.26. The third-order valence-electron chi connectivity index (χ3n) is 1.75. The van der Waals surface area contributed by atoms with Crippen molar-refractivity contribution in [1.82, 2.24) is 5.32 Å². The smallest absolute Gasteiger partial charge is 0.121 e. The molecule has 0 spiro atoms. The molecule has 1 fully saturated rings. The van der Waals surface area contributed by atoms with E-state index < -0.39 is 0 Å². The molecule has 1 unspecified atom stereocenters. The fraction of sp³-hybridized carbons (Fsp3) is 0.429. The molecular formula is C7H8BrNO. The van der Waals surface area contributed by atoms with Crippen LogP contribution in [0.15, 0.2) is 21.2 Å². The molecule has 1 aromatic rings. The molecule has 1 aliphatic rings. The minimum Gasteiger partial charge on any atom is -0.466 e. The summed E-state index contributed by atoms with van der Waals surface area (Å²) >= 11 is 3.33. The van der Waals surface area contributed by atoms with Crippen LogP contribution in [0, 0.1) is 0 Å². The van der Waals surface area contributed by atoms with Gasteiger partial charge in [0, 0.05) is 0 Å². The third-order valence-corrected chi connectivity index (χ3v) is 2.17. The summed E-state index contributed by atoms with van der Waals surface area (Å²) in [6, 6.07) is 2.47. The molecule has 0 aromatic carbocycles. The fourth-order valence-electron chi connectivity index (χ4n) is 1.04. The van der Waals surface area contributed by atoms with E-state index in [2.05, 4.69) is 21.2 Å². The maximum absolute atomic E-state index is 5.26. The van der Waals surface area contributed by atoms with Crippen molar-refractivity contribution in [2.45, 2.75) is 12.5 Å². The topological polar surface area (TPSA) is 25.2 Å². The Hall–Kier alpha value is -0.280. The average molecular weight is 202 g/mol. The first-order chi connectivity index (χ1) is 4.86. The molecule has 2 heterocycles. The van der Waals surface area contributed by atoms with Crippen LogP contribution >= 0.6 is 15.9 Å². The minimum atomic E-state index is 0.464.